The Balaban J connectivity index is 2.59. The van der Waals surface area contributed by atoms with Crippen molar-refractivity contribution in [3.63, 3.8) is 0 Å². The van der Waals surface area contributed by atoms with E-state index in [2.05, 4.69) is 50.2 Å². The molecule has 1 aromatic heterocycles. The van der Waals surface area contributed by atoms with Crippen LogP contribution >= 0.6 is 0 Å². The van der Waals surface area contributed by atoms with Crippen molar-refractivity contribution in [2.24, 2.45) is 0 Å². The predicted molar refractivity (Wildman–Crippen MR) is 79.1 cm³/mol. The lowest BCUT2D eigenvalue weighted by molar-refractivity contribution is 0.697. The molecule has 1 aromatic rings. The van der Waals surface area contributed by atoms with Crippen LogP contribution in [0.2, 0.25) is 0 Å². The van der Waals surface area contributed by atoms with E-state index >= 15 is 0 Å². The Labute approximate surface area is 112 Å². The highest BCUT2D eigenvalue weighted by atomic mass is 15.2. The minimum Gasteiger partial charge on any atom is -0.360 e. The van der Waals surface area contributed by atoms with E-state index in [9.17, 15) is 0 Å². The van der Waals surface area contributed by atoms with Gasteiger partial charge in [0.2, 0.25) is 0 Å². The molecule has 3 heteroatoms. The van der Waals surface area contributed by atoms with Gasteiger partial charge in [-0.1, -0.05) is 32.8 Å². The fraction of sp³-hybridized carbons (Fsp3) is 0.667. The van der Waals surface area contributed by atoms with Crippen LogP contribution in [0.15, 0.2) is 12.1 Å². The summed E-state index contributed by atoms with van der Waals surface area (Å²) in [5.41, 5.74) is 2.43. The second-order valence-corrected chi connectivity index (χ2v) is 4.82. The van der Waals surface area contributed by atoms with E-state index in [1.54, 1.807) is 0 Å². The highest BCUT2D eigenvalue weighted by Gasteiger charge is 2.05. The smallest absolute Gasteiger partial charge is 0.128 e. The molecule has 0 saturated heterocycles. The Morgan fingerprint density at radius 3 is 2.61 bits per heavy atom. The van der Waals surface area contributed by atoms with Gasteiger partial charge in [0.25, 0.3) is 0 Å². The summed E-state index contributed by atoms with van der Waals surface area (Å²) in [4.78, 5) is 6.94. The molecular formula is C15H27N3. The van der Waals surface area contributed by atoms with Gasteiger partial charge in [0, 0.05) is 25.8 Å². The zero-order chi connectivity index (χ0) is 13.4. The lowest BCUT2D eigenvalue weighted by atomic mass is 10.2. The van der Waals surface area contributed by atoms with Crippen molar-refractivity contribution in [3.8, 4) is 0 Å². The summed E-state index contributed by atoms with van der Waals surface area (Å²) in [7, 11) is 2.13. The number of pyridine rings is 1. The van der Waals surface area contributed by atoms with E-state index in [0.29, 0.717) is 0 Å². The fourth-order valence-corrected chi connectivity index (χ4v) is 1.95. The molecule has 0 fully saturated rings. The summed E-state index contributed by atoms with van der Waals surface area (Å²) < 4.78 is 0. The van der Waals surface area contributed by atoms with Crippen molar-refractivity contribution in [3.05, 3.63) is 23.4 Å². The molecule has 3 nitrogen and oxygen atoms in total. The SMILES string of the molecule is CCCCCN(C)c1ccc(CNCC)c(C)n1. The van der Waals surface area contributed by atoms with Crippen LogP contribution < -0.4 is 10.2 Å². The molecule has 0 aliphatic rings. The van der Waals surface area contributed by atoms with Crippen molar-refractivity contribution in [1.29, 1.82) is 0 Å². The van der Waals surface area contributed by atoms with E-state index in [1.165, 1.54) is 24.8 Å². The van der Waals surface area contributed by atoms with Crippen LogP contribution in [0.25, 0.3) is 0 Å². The molecule has 0 spiro atoms. The zero-order valence-corrected chi connectivity index (χ0v) is 12.3. The largest absolute Gasteiger partial charge is 0.360 e. The molecule has 0 aliphatic heterocycles. The molecule has 18 heavy (non-hydrogen) atoms. The van der Waals surface area contributed by atoms with E-state index < -0.39 is 0 Å². The first kappa shape index (κ1) is 15.0. The first-order valence-corrected chi connectivity index (χ1v) is 7.07. The van der Waals surface area contributed by atoms with Gasteiger partial charge in [0.05, 0.1) is 0 Å². The van der Waals surface area contributed by atoms with Gasteiger partial charge in [-0.05, 0) is 31.5 Å². The maximum absolute atomic E-state index is 4.69. The molecular weight excluding hydrogens is 222 g/mol. The molecule has 0 radical (unpaired) electrons. The number of rotatable bonds is 8. The van der Waals surface area contributed by atoms with E-state index in [-0.39, 0.29) is 0 Å². The number of unbranched alkanes of at least 4 members (excludes halogenated alkanes) is 2. The average molecular weight is 249 g/mol. The van der Waals surface area contributed by atoms with Crippen LogP contribution in [0.3, 0.4) is 0 Å². The van der Waals surface area contributed by atoms with E-state index in [0.717, 1.165) is 31.1 Å². The summed E-state index contributed by atoms with van der Waals surface area (Å²) in [6.45, 7) is 9.45. The fourth-order valence-electron chi connectivity index (χ4n) is 1.95. The molecule has 0 amide bonds. The predicted octanol–water partition coefficient (Wildman–Crippen LogP) is 3.13. The van der Waals surface area contributed by atoms with Gasteiger partial charge in [-0.25, -0.2) is 4.98 Å². The van der Waals surface area contributed by atoms with Gasteiger partial charge < -0.3 is 10.2 Å². The number of anilines is 1. The zero-order valence-electron chi connectivity index (χ0n) is 12.3. The van der Waals surface area contributed by atoms with Crippen molar-refractivity contribution in [2.45, 2.75) is 46.6 Å². The molecule has 1 heterocycles. The summed E-state index contributed by atoms with van der Waals surface area (Å²) in [5.74, 6) is 1.09. The van der Waals surface area contributed by atoms with Gasteiger partial charge in [-0.3, -0.25) is 0 Å². The van der Waals surface area contributed by atoms with Crippen LogP contribution in [0, 0.1) is 6.92 Å². The van der Waals surface area contributed by atoms with Crippen LogP contribution in [0.5, 0.6) is 0 Å². The lowest BCUT2D eigenvalue weighted by Gasteiger charge is -2.19. The van der Waals surface area contributed by atoms with Crippen molar-refractivity contribution < 1.29 is 0 Å². The highest BCUT2D eigenvalue weighted by Crippen LogP contribution is 2.14. The van der Waals surface area contributed by atoms with Crippen LogP contribution in [0.1, 0.15) is 44.4 Å². The number of nitrogens with zero attached hydrogens (tertiary/aromatic N) is 2. The van der Waals surface area contributed by atoms with Gasteiger partial charge in [-0.15, -0.1) is 0 Å². The molecule has 0 aromatic carbocycles. The first-order chi connectivity index (χ1) is 8.69. The van der Waals surface area contributed by atoms with Crippen molar-refractivity contribution >= 4 is 5.82 Å². The molecule has 0 atom stereocenters. The topological polar surface area (TPSA) is 28.2 Å². The first-order valence-electron chi connectivity index (χ1n) is 7.07. The number of hydrogen-bond donors (Lipinski definition) is 1. The quantitative estimate of drug-likeness (QED) is 0.717. The molecule has 0 unspecified atom stereocenters. The highest BCUT2D eigenvalue weighted by molar-refractivity contribution is 5.40. The molecule has 1 rings (SSSR count). The molecule has 0 aliphatic carbocycles. The number of nitrogens with one attached hydrogen (secondary N) is 1. The van der Waals surface area contributed by atoms with E-state index in [1.807, 2.05) is 0 Å². The lowest BCUT2D eigenvalue weighted by Crippen LogP contribution is -2.20. The van der Waals surface area contributed by atoms with Gasteiger partial charge in [0.1, 0.15) is 5.82 Å². The van der Waals surface area contributed by atoms with Gasteiger partial charge in [-0.2, -0.15) is 0 Å². The average Bonchev–Trinajstić information content (AvgIpc) is 2.37. The maximum atomic E-state index is 4.69. The van der Waals surface area contributed by atoms with Crippen LogP contribution in [-0.2, 0) is 6.54 Å². The van der Waals surface area contributed by atoms with Crippen molar-refractivity contribution in [1.82, 2.24) is 10.3 Å². The van der Waals surface area contributed by atoms with Gasteiger partial charge >= 0.3 is 0 Å². The Morgan fingerprint density at radius 2 is 2.00 bits per heavy atom. The van der Waals surface area contributed by atoms with Crippen molar-refractivity contribution in [2.75, 3.05) is 25.0 Å². The Kier molecular flexibility index (Phi) is 6.73. The molecule has 0 bridgehead atoms. The van der Waals surface area contributed by atoms with E-state index in [4.69, 9.17) is 4.98 Å². The second-order valence-electron chi connectivity index (χ2n) is 4.82. The van der Waals surface area contributed by atoms with Crippen LogP contribution in [-0.4, -0.2) is 25.1 Å². The summed E-state index contributed by atoms with van der Waals surface area (Å²) in [5, 5.41) is 3.34. The number of aromatic nitrogens is 1. The molecule has 1 N–H and O–H groups in total. The standard InChI is InChI=1S/C15H27N3/c1-5-7-8-11-18(4)15-10-9-14(12-16-6-2)13(3)17-15/h9-10,16H,5-8,11-12H2,1-4H3. The van der Waals surface area contributed by atoms with Gasteiger partial charge in [0.15, 0.2) is 0 Å². The third-order valence-corrected chi connectivity index (χ3v) is 3.23. The maximum Gasteiger partial charge on any atom is 0.128 e. The minimum absolute atomic E-state index is 0.912. The molecule has 102 valence electrons. The molecule has 0 saturated carbocycles. The summed E-state index contributed by atoms with van der Waals surface area (Å²) in [6, 6.07) is 4.32. The number of aryl methyl sites for hydroxylation is 1. The third kappa shape index (κ3) is 4.65. The monoisotopic (exact) mass is 249 g/mol. The summed E-state index contributed by atoms with van der Waals surface area (Å²) in [6.07, 6.45) is 3.80. The minimum atomic E-state index is 0.912. The Morgan fingerprint density at radius 1 is 1.22 bits per heavy atom. The normalized spacial score (nSPS) is 10.7. The number of hydrogen-bond acceptors (Lipinski definition) is 3. The summed E-state index contributed by atoms with van der Waals surface area (Å²) >= 11 is 0. The second kappa shape index (κ2) is 8.09. The third-order valence-electron chi connectivity index (χ3n) is 3.23. The Bertz CT molecular complexity index is 350. The van der Waals surface area contributed by atoms with Crippen LogP contribution in [0.4, 0.5) is 5.82 Å². The Hall–Kier alpha value is -1.09.